The van der Waals surface area contributed by atoms with Gasteiger partial charge in [0.25, 0.3) is 0 Å². The lowest BCUT2D eigenvalue weighted by Gasteiger charge is -2.08. The van der Waals surface area contributed by atoms with Crippen molar-refractivity contribution in [1.82, 2.24) is 0 Å². The summed E-state index contributed by atoms with van der Waals surface area (Å²) in [5, 5.41) is 18.1. The summed E-state index contributed by atoms with van der Waals surface area (Å²) in [6.07, 6.45) is 0. The highest BCUT2D eigenvalue weighted by atomic mass is 35.5. The van der Waals surface area contributed by atoms with E-state index in [2.05, 4.69) is 0 Å². The van der Waals surface area contributed by atoms with Gasteiger partial charge in [0.15, 0.2) is 0 Å². The van der Waals surface area contributed by atoms with E-state index in [-0.39, 0.29) is 0 Å². The molecule has 4 heteroatoms. The third-order valence-corrected chi connectivity index (χ3v) is 2.01. The first-order valence-electron chi connectivity index (χ1n) is 3.74. The lowest BCUT2D eigenvalue weighted by molar-refractivity contribution is -0.139. The summed E-state index contributed by atoms with van der Waals surface area (Å²) in [6.45, 7) is -0.406. The number of carboxylic acids is 1. The monoisotopic (exact) mass is 200 g/mol. The van der Waals surface area contributed by atoms with Gasteiger partial charge in [0.2, 0.25) is 0 Å². The largest absolute Gasteiger partial charge is 0.481 e. The molecule has 13 heavy (non-hydrogen) atoms. The maximum atomic E-state index is 10.6. The van der Waals surface area contributed by atoms with Crippen molar-refractivity contribution in [3.8, 4) is 0 Å². The van der Waals surface area contributed by atoms with E-state index in [1.807, 2.05) is 0 Å². The Balaban J connectivity index is 2.92. The molecule has 0 aliphatic carbocycles. The van der Waals surface area contributed by atoms with Gasteiger partial charge in [-0.25, -0.2) is 0 Å². The zero-order valence-corrected chi connectivity index (χ0v) is 7.53. The molecule has 0 saturated carbocycles. The van der Waals surface area contributed by atoms with Crippen LogP contribution in [0.5, 0.6) is 0 Å². The number of hydrogen-bond donors (Lipinski definition) is 2. The Kier molecular flexibility index (Phi) is 3.28. The van der Waals surface area contributed by atoms with Gasteiger partial charge in [0.05, 0.1) is 6.61 Å². The van der Waals surface area contributed by atoms with Gasteiger partial charge in [-0.05, 0) is 17.7 Å². The summed E-state index contributed by atoms with van der Waals surface area (Å²) in [4.78, 5) is 10.6. The molecule has 70 valence electrons. The molecule has 0 amide bonds. The number of rotatable bonds is 3. The third-order valence-electron chi connectivity index (χ3n) is 1.75. The molecule has 0 unspecified atom stereocenters. The van der Waals surface area contributed by atoms with Crippen LogP contribution in [0, 0.1) is 0 Å². The molecule has 0 aliphatic rings. The van der Waals surface area contributed by atoms with Crippen LogP contribution in [0.15, 0.2) is 24.3 Å². The molecular weight excluding hydrogens is 192 g/mol. The summed E-state index contributed by atoms with van der Waals surface area (Å²) < 4.78 is 0. The number of aliphatic carboxylic acids is 1. The topological polar surface area (TPSA) is 57.5 Å². The van der Waals surface area contributed by atoms with Gasteiger partial charge in [-0.1, -0.05) is 23.7 Å². The maximum Gasteiger partial charge on any atom is 0.313 e. The standard InChI is InChI=1S/C9H9ClO3/c10-7-3-1-6(2-4-7)8(5-11)9(12)13/h1-4,8,11H,5H2,(H,12,13)/t8-/m0/s1. The fourth-order valence-electron chi connectivity index (χ4n) is 1.02. The summed E-state index contributed by atoms with van der Waals surface area (Å²) in [7, 11) is 0. The molecule has 0 saturated heterocycles. The molecule has 1 aromatic rings. The molecule has 2 N–H and O–H groups in total. The van der Waals surface area contributed by atoms with Crippen molar-refractivity contribution in [1.29, 1.82) is 0 Å². The van der Waals surface area contributed by atoms with Gasteiger partial charge in [-0.2, -0.15) is 0 Å². The third kappa shape index (κ3) is 2.44. The number of halogens is 1. The maximum absolute atomic E-state index is 10.6. The molecule has 0 spiro atoms. The van der Waals surface area contributed by atoms with Gasteiger partial charge >= 0.3 is 5.97 Å². The smallest absolute Gasteiger partial charge is 0.313 e. The minimum Gasteiger partial charge on any atom is -0.481 e. The van der Waals surface area contributed by atoms with Crippen LogP contribution < -0.4 is 0 Å². The van der Waals surface area contributed by atoms with Crippen LogP contribution in [-0.2, 0) is 4.79 Å². The lowest BCUT2D eigenvalue weighted by atomic mass is 10.0. The molecule has 3 nitrogen and oxygen atoms in total. The zero-order valence-electron chi connectivity index (χ0n) is 6.77. The molecule has 0 bridgehead atoms. The van der Waals surface area contributed by atoms with Crippen LogP contribution in [0.3, 0.4) is 0 Å². The van der Waals surface area contributed by atoms with E-state index in [0.717, 1.165) is 0 Å². The van der Waals surface area contributed by atoms with Crippen molar-refractivity contribution >= 4 is 17.6 Å². The highest BCUT2D eigenvalue weighted by molar-refractivity contribution is 6.30. The first-order chi connectivity index (χ1) is 6.15. The van der Waals surface area contributed by atoms with Gasteiger partial charge in [-0.15, -0.1) is 0 Å². The molecule has 0 radical (unpaired) electrons. The molecule has 0 aliphatic heterocycles. The average molecular weight is 201 g/mol. The van der Waals surface area contributed by atoms with Crippen LogP contribution in [0.2, 0.25) is 5.02 Å². The zero-order chi connectivity index (χ0) is 9.84. The number of carbonyl (C=O) groups is 1. The molecule has 0 fully saturated rings. The van der Waals surface area contributed by atoms with E-state index in [9.17, 15) is 4.79 Å². The van der Waals surface area contributed by atoms with E-state index in [4.69, 9.17) is 21.8 Å². The molecular formula is C9H9ClO3. The average Bonchev–Trinajstić information content (AvgIpc) is 2.09. The van der Waals surface area contributed by atoms with Gasteiger partial charge in [0.1, 0.15) is 5.92 Å². The summed E-state index contributed by atoms with van der Waals surface area (Å²) in [5.41, 5.74) is 0.555. The molecule has 1 rings (SSSR count). The van der Waals surface area contributed by atoms with Crippen LogP contribution in [-0.4, -0.2) is 22.8 Å². The van der Waals surface area contributed by atoms with Crippen molar-refractivity contribution in [2.75, 3.05) is 6.61 Å². The molecule has 0 heterocycles. The second-order valence-electron chi connectivity index (χ2n) is 2.62. The number of hydrogen-bond acceptors (Lipinski definition) is 2. The molecule has 1 aromatic carbocycles. The van der Waals surface area contributed by atoms with E-state index >= 15 is 0 Å². The van der Waals surface area contributed by atoms with Crippen molar-refractivity contribution in [2.24, 2.45) is 0 Å². The Bertz CT molecular complexity index is 294. The summed E-state index contributed by atoms with van der Waals surface area (Å²) >= 11 is 5.63. The van der Waals surface area contributed by atoms with E-state index in [0.29, 0.717) is 10.6 Å². The number of aliphatic hydroxyl groups excluding tert-OH is 1. The Labute approximate surface area is 80.6 Å². The Morgan fingerprint density at radius 2 is 1.92 bits per heavy atom. The second kappa shape index (κ2) is 4.25. The summed E-state index contributed by atoms with van der Waals surface area (Å²) in [5.74, 6) is -1.90. The van der Waals surface area contributed by atoms with Gasteiger partial charge < -0.3 is 10.2 Å². The quantitative estimate of drug-likeness (QED) is 0.778. The van der Waals surface area contributed by atoms with E-state index in [1.54, 1.807) is 24.3 Å². The first-order valence-corrected chi connectivity index (χ1v) is 4.12. The number of aliphatic hydroxyl groups is 1. The minimum atomic E-state index is -1.04. The van der Waals surface area contributed by atoms with Crippen molar-refractivity contribution in [2.45, 2.75) is 5.92 Å². The number of benzene rings is 1. The Morgan fingerprint density at radius 1 is 1.38 bits per heavy atom. The fourth-order valence-corrected chi connectivity index (χ4v) is 1.15. The minimum absolute atomic E-state index is 0.406. The Morgan fingerprint density at radius 3 is 2.31 bits per heavy atom. The van der Waals surface area contributed by atoms with Crippen LogP contribution in [0.1, 0.15) is 11.5 Å². The van der Waals surface area contributed by atoms with E-state index < -0.39 is 18.5 Å². The first kappa shape index (κ1) is 10.0. The highest BCUT2D eigenvalue weighted by Gasteiger charge is 2.17. The van der Waals surface area contributed by atoms with Crippen molar-refractivity contribution < 1.29 is 15.0 Å². The van der Waals surface area contributed by atoms with Crippen LogP contribution in [0.4, 0.5) is 0 Å². The molecule has 0 aromatic heterocycles. The Hall–Kier alpha value is -1.06. The highest BCUT2D eigenvalue weighted by Crippen LogP contribution is 2.18. The lowest BCUT2D eigenvalue weighted by Crippen LogP contribution is -2.15. The normalized spacial score (nSPS) is 12.5. The SMILES string of the molecule is O=C(O)[C@@H](CO)c1ccc(Cl)cc1. The van der Waals surface area contributed by atoms with Crippen molar-refractivity contribution in [3.05, 3.63) is 34.9 Å². The van der Waals surface area contributed by atoms with Crippen molar-refractivity contribution in [3.63, 3.8) is 0 Å². The van der Waals surface area contributed by atoms with Crippen LogP contribution >= 0.6 is 11.6 Å². The summed E-state index contributed by atoms with van der Waals surface area (Å²) in [6, 6.07) is 6.39. The van der Waals surface area contributed by atoms with E-state index in [1.165, 1.54) is 0 Å². The predicted molar refractivity (Wildman–Crippen MR) is 48.9 cm³/mol. The molecule has 1 atom stereocenters. The number of carboxylic acid groups (broad SMARTS) is 1. The van der Waals surface area contributed by atoms with Gasteiger partial charge in [0, 0.05) is 5.02 Å². The predicted octanol–water partition coefficient (Wildman–Crippen LogP) is 1.50. The fraction of sp³-hybridized carbons (Fsp3) is 0.222. The van der Waals surface area contributed by atoms with Gasteiger partial charge in [-0.3, -0.25) is 4.79 Å². The van der Waals surface area contributed by atoms with Crippen LogP contribution in [0.25, 0.3) is 0 Å². The second-order valence-corrected chi connectivity index (χ2v) is 3.06.